The van der Waals surface area contributed by atoms with Crippen LogP contribution in [0.25, 0.3) is 0 Å². The van der Waals surface area contributed by atoms with E-state index in [4.69, 9.17) is 0 Å². The molecule has 1 aromatic carbocycles. The van der Waals surface area contributed by atoms with Crippen molar-refractivity contribution in [1.29, 1.82) is 0 Å². The molecule has 6 heteroatoms. The van der Waals surface area contributed by atoms with Gasteiger partial charge in [-0.2, -0.15) is 0 Å². The van der Waals surface area contributed by atoms with Crippen molar-refractivity contribution in [2.24, 2.45) is 0 Å². The molecule has 18 heavy (non-hydrogen) atoms. The molecule has 0 heterocycles. The Labute approximate surface area is 116 Å². The van der Waals surface area contributed by atoms with E-state index in [2.05, 4.69) is 21.2 Å². The molecular weight excluding hydrogens is 321 g/mol. The van der Waals surface area contributed by atoms with Crippen LogP contribution in [0.2, 0.25) is 0 Å². The van der Waals surface area contributed by atoms with Crippen molar-refractivity contribution >= 4 is 25.8 Å². The standard InChI is InChI=1S/C12H17BrFNO2S/c1-15-12(4-3-7-18(2,16)17)10-6-5-9(14)8-11(10)13/h5-6,8,12,15H,3-4,7H2,1-2H3. The van der Waals surface area contributed by atoms with Gasteiger partial charge in [0.05, 0.1) is 0 Å². The van der Waals surface area contributed by atoms with Gasteiger partial charge in [-0.05, 0) is 37.6 Å². The Balaban J connectivity index is 2.71. The second-order valence-corrected chi connectivity index (χ2v) is 7.39. The number of rotatable bonds is 6. The second kappa shape index (κ2) is 6.63. The fraction of sp³-hybridized carbons (Fsp3) is 0.500. The quantitative estimate of drug-likeness (QED) is 0.867. The lowest BCUT2D eigenvalue weighted by Gasteiger charge is -2.18. The van der Waals surface area contributed by atoms with Gasteiger partial charge >= 0.3 is 0 Å². The third-order valence-electron chi connectivity index (χ3n) is 2.69. The van der Waals surface area contributed by atoms with Crippen LogP contribution in [0.5, 0.6) is 0 Å². The Hall–Kier alpha value is -0.460. The Morgan fingerprint density at radius 3 is 2.61 bits per heavy atom. The molecule has 1 atom stereocenters. The first-order valence-corrected chi connectivity index (χ1v) is 8.49. The monoisotopic (exact) mass is 337 g/mol. The highest BCUT2D eigenvalue weighted by Gasteiger charge is 2.14. The van der Waals surface area contributed by atoms with E-state index in [9.17, 15) is 12.8 Å². The topological polar surface area (TPSA) is 46.2 Å². The molecule has 0 radical (unpaired) electrons. The molecule has 1 aromatic rings. The van der Waals surface area contributed by atoms with Crippen molar-refractivity contribution in [1.82, 2.24) is 5.32 Å². The molecule has 0 aliphatic carbocycles. The van der Waals surface area contributed by atoms with Crippen molar-refractivity contribution in [2.75, 3.05) is 19.1 Å². The summed E-state index contributed by atoms with van der Waals surface area (Å²) in [6, 6.07) is 4.54. The summed E-state index contributed by atoms with van der Waals surface area (Å²) in [4.78, 5) is 0. The van der Waals surface area contributed by atoms with E-state index in [1.54, 1.807) is 13.1 Å². The molecule has 3 nitrogen and oxygen atoms in total. The third-order valence-corrected chi connectivity index (χ3v) is 4.41. The average molecular weight is 338 g/mol. The molecule has 1 N–H and O–H groups in total. The van der Waals surface area contributed by atoms with Gasteiger partial charge in [-0.25, -0.2) is 12.8 Å². The molecule has 0 aromatic heterocycles. The minimum atomic E-state index is -2.93. The molecule has 0 amide bonds. The first kappa shape index (κ1) is 15.6. The fourth-order valence-corrected chi connectivity index (χ4v) is 3.11. The van der Waals surface area contributed by atoms with Crippen LogP contribution in [-0.2, 0) is 9.84 Å². The van der Waals surface area contributed by atoms with Gasteiger partial charge in [0.2, 0.25) is 0 Å². The normalized spacial score (nSPS) is 13.6. The predicted molar refractivity (Wildman–Crippen MR) is 74.8 cm³/mol. The summed E-state index contributed by atoms with van der Waals surface area (Å²) >= 11 is 3.32. The summed E-state index contributed by atoms with van der Waals surface area (Å²) in [6.45, 7) is 0. The van der Waals surface area contributed by atoms with Crippen LogP contribution >= 0.6 is 15.9 Å². The number of sulfone groups is 1. The highest BCUT2D eigenvalue weighted by molar-refractivity contribution is 9.10. The van der Waals surface area contributed by atoms with Crippen molar-refractivity contribution in [2.45, 2.75) is 18.9 Å². The van der Waals surface area contributed by atoms with Gasteiger partial charge in [0, 0.05) is 22.5 Å². The van der Waals surface area contributed by atoms with Crippen molar-refractivity contribution in [3.05, 3.63) is 34.1 Å². The SMILES string of the molecule is CNC(CCCS(C)(=O)=O)c1ccc(F)cc1Br. The lowest BCUT2D eigenvalue weighted by atomic mass is 10.0. The van der Waals surface area contributed by atoms with Gasteiger partial charge in [-0.15, -0.1) is 0 Å². The number of hydrogen-bond donors (Lipinski definition) is 1. The van der Waals surface area contributed by atoms with E-state index in [0.29, 0.717) is 17.3 Å². The second-order valence-electron chi connectivity index (χ2n) is 4.28. The number of halogens is 2. The van der Waals surface area contributed by atoms with Gasteiger partial charge in [0.1, 0.15) is 15.7 Å². The van der Waals surface area contributed by atoms with Crippen LogP contribution in [0.15, 0.2) is 22.7 Å². The van der Waals surface area contributed by atoms with Gasteiger partial charge in [-0.3, -0.25) is 0 Å². The lowest BCUT2D eigenvalue weighted by molar-refractivity contribution is 0.532. The van der Waals surface area contributed by atoms with E-state index >= 15 is 0 Å². The maximum atomic E-state index is 13.0. The van der Waals surface area contributed by atoms with E-state index in [-0.39, 0.29) is 17.6 Å². The molecule has 0 aliphatic heterocycles. The Kier molecular flexibility index (Phi) is 5.75. The van der Waals surface area contributed by atoms with Crippen molar-refractivity contribution in [3.63, 3.8) is 0 Å². The molecule has 0 saturated heterocycles. The summed E-state index contributed by atoms with van der Waals surface area (Å²) in [5.41, 5.74) is 0.937. The summed E-state index contributed by atoms with van der Waals surface area (Å²) in [5.74, 6) is -0.124. The van der Waals surface area contributed by atoms with Crippen LogP contribution in [0.1, 0.15) is 24.4 Å². The van der Waals surface area contributed by atoms with E-state index < -0.39 is 9.84 Å². The van der Waals surface area contributed by atoms with E-state index in [0.717, 1.165) is 5.56 Å². The van der Waals surface area contributed by atoms with Gasteiger partial charge in [0.25, 0.3) is 0 Å². The van der Waals surface area contributed by atoms with Crippen LogP contribution < -0.4 is 5.32 Å². The van der Waals surface area contributed by atoms with Crippen LogP contribution in [0, 0.1) is 5.82 Å². The highest BCUT2D eigenvalue weighted by Crippen LogP contribution is 2.27. The van der Waals surface area contributed by atoms with Crippen LogP contribution in [0.4, 0.5) is 4.39 Å². The van der Waals surface area contributed by atoms with Gasteiger partial charge < -0.3 is 5.32 Å². The zero-order chi connectivity index (χ0) is 13.8. The first-order chi connectivity index (χ1) is 8.33. The van der Waals surface area contributed by atoms with Crippen molar-refractivity contribution in [3.8, 4) is 0 Å². The number of benzene rings is 1. The highest BCUT2D eigenvalue weighted by atomic mass is 79.9. The third kappa shape index (κ3) is 5.04. The summed E-state index contributed by atoms with van der Waals surface area (Å²) < 4.78 is 35.8. The van der Waals surface area contributed by atoms with E-state index in [1.807, 2.05) is 0 Å². The maximum Gasteiger partial charge on any atom is 0.147 e. The van der Waals surface area contributed by atoms with Crippen LogP contribution in [0.3, 0.4) is 0 Å². The smallest absolute Gasteiger partial charge is 0.147 e. The summed E-state index contributed by atoms with van der Waals surface area (Å²) in [7, 11) is -1.12. The largest absolute Gasteiger partial charge is 0.313 e. The summed E-state index contributed by atoms with van der Waals surface area (Å²) in [5, 5.41) is 3.12. The molecule has 102 valence electrons. The summed E-state index contributed by atoms with van der Waals surface area (Å²) in [6.07, 6.45) is 2.50. The molecule has 0 aliphatic rings. The molecule has 0 fully saturated rings. The lowest BCUT2D eigenvalue weighted by Crippen LogP contribution is -2.18. The molecule has 0 spiro atoms. The molecule has 0 saturated carbocycles. The molecule has 1 rings (SSSR count). The molecular formula is C12H17BrFNO2S. The maximum absolute atomic E-state index is 13.0. The zero-order valence-electron chi connectivity index (χ0n) is 10.4. The number of hydrogen-bond acceptors (Lipinski definition) is 3. The van der Waals surface area contributed by atoms with Gasteiger partial charge in [-0.1, -0.05) is 22.0 Å². The first-order valence-electron chi connectivity index (χ1n) is 5.63. The predicted octanol–water partition coefficient (Wildman–Crippen LogP) is 2.67. The van der Waals surface area contributed by atoms with Crippen LogP contribution in [-0.4, -0.2) is 27.5 Å². The fourth-order valence-electron chi connectivity index (χ4n) is 1.79. The Morgan fingerprint density at radius 2 is 2.11 bits per heavy atom. The van der Waals surface area contributed by atoms with Crippen molar-refractivity contribution < 1.29 is 12.8 Å². The Bertz CT molecular complexity index is 505. The molecule has 0 bridgehead atoms. The number of nitrogens with one attached hydrogen (secondary N) is 1. The Morgan fingerprint density at radius 1 is 1.44 bits per heavy atom. The average Bonchev–Trinajstić information content (AvgIpc) is 2.24. The minimum Gasteiger partial charge on any atom is -0.313 e. The molecule has 1 unspecified atom stereocenters. The zero-order valence-corrected chi connectivity index (χ0v) is 12.8. The van der Waals surface area contributed by atoms with E-state index in [1.165, 1.54) is 18.4 Å². The minimum absolute atomic E-state index is 0.0155. The van der Waals surface area contributed by atoms with Gasteiger partial charge in [0.15, 0.2) is 0 Å².